The molecule has 4 rings (SSSR count). The largest absolute Gasteiger partial charge is 0.493 e. The fourth-order valence-electron chi connectivity index (χ4n) is 2.67. The summed E-state index contributed by atoms with van der Waals surface area (Å²) in [6, 6.07) is 14.4. The number of nitrogens with one attached hydrogen (secondary N) is 2. The van der Waals surface area contributed by atoms with Crippen LogP contribution in [0, 0.1) is 0 Å². The summed E-state index contributed by atoms with van der Waals surface area (Å²) in [5.41, 5.74) is 1.87. The predicted octanol–water partition coefficient (Wildman–Crippen LogP) is 5.44. The number of benzene rings is 2. The number of aromatic amines is 2. The number of fused-ring (bicyclic) bond motifs is 2. The molecule has 27 heavy (non-hydrogen) atoms. The highest BCUT2D eigenvalue weighted by molar-refractivity contribution is 6.19. The number of halogens is 1. The predicted molar refractivity (Wildman–Crippen MR) is 102 cm³/mol. The first-order valence-electron chi connectivity index (χ1n) is 7.79. The lowest BCUT2D eigenvalue weighted by Crippen LogP contribution is -1.83. The van der Waals surface area contributed by atoms with Crippen LogP contribution in [0.25, 0.3) is 21.8 Å². The maximum atomic E-state index is 9.98. The van der Waals surface area contributed by atoms with Crippen molar-refractivity contribution in [2.75, 3.05) is 0 Å². The van der Waals surface area contributed by atoms with Gasteiger partial charge in [0.1, 0.15) is 0 Å². The Morgan fingerprint density at radius 2 is 1.19 bits per heavy atom. The number of para-hydroxylation sites is 2. The molecule has 0 aliphatic carbocycles. The second kappa shape index (κ2) is 6.89. The lowest BCUT2D eigenvalue weighted by atomic mass is 10.2. The zero-order valence-corrected chi connectivity index (χ0v) is 14.4. The molecule has 10 heteroatoms. The number of aromatic nitrogens is 2. The number of aromatic hydroxyl groups is 2. The molecule has 0 atom stereocenters. The van der Waals surface area contributed by atoms with Crippen molar-refractivity contribution in [1.82, 2.24) is 9.97 Å². The average Bonchev–Trinajstić information content (AvgIpc) is 3.17. The second-order valence-electron chi connectivity index (χ2n) is 5.52. The van der Waals surface area contributed by atoms with Crippen molar-refractivity contribution in [3.8, 4) is 11.8 Å². The first kappa shape index (κ1) is 16.7. The molecule has 2 heterocycles. The molecule has 134 valence electrons. The highest BCUT2D eigenvalue weighted by atomic mass is 35.5. The summed E-state index contributed by atoms with van der Waals surface area (Å²) < 4.78 is 3.39. The normalized spacial score (nSPS) is 11.9. The van der Waals surface area contributed by atoms with Crippen LogP contribution in [0.2, 0.25) is 0 Å². The molecule has 0 spiro atoms. The molecule has 4 N–H and O–H groups in total. The van der Waals surface area contributed by atoms with E-state index in [-0.39, 0.29) is 29.1 Å². The Kier molecular flexibility index (Phi) is 4.27. The van der Waals surface area contributed by atoms with Gasteiger partial charge in [0, 0.05) is 22.5 Å². The van der Waals surface area contributed by atoms with E-state index in [1.165, 1.54) is 0 Å². The Bertz CT molecular complexity index is 1130. The summed E-state index contributed by atoms with van der Waals surface area (Å²) in [6.45, 7) is 0. The molecule has 0 bridgehead atoms. The van der Waals surface area contributed by atoms with E-state index in [1.807, 2.05) is 24.3 Å². The van der Waals surface area contributed by atoms with Crippen LogP contribution in [-0.2, 0) is 0 Å². The van der Waals surface area contributed by atoms with E-state index < -0.39 is 0 Å². The van der Waals surface area contributed by atoms with Crippen molar-refractivity contribution in [2.45, 2.75) is 0 Å². The molecular weight excluding hydrogens is 370 g/mol. The van der Waals surface area contributed by atoms with Crippen LogP contribution in [-0.4, -0.2) is 26.1 Å². The number of rotatable bonds is 2. The Morgan fingerprint density at radius 3 is 1.63 bits per heavy atom. The third kappa shape index (κ3) is 3.11. The van der Waals surface area contributed by atoms with Crippen molar-refractivity contribution in [3.63, 3.8) is 0 Å². The van der Waals surface area contributed by atoms with E-state index >= 15 is 0 Å². The van der Waals surface area contributed by atoms with E-state index in [4.69, 9.17) is 11.8 Å². The second-order valence-corrected chi connectivity index (χ2v) is 5.69. The maximum absolute atomic E-state index is 9.98. The zero-order chi connectivity index (χ0) is 18.8. The SMILES string of the molecule is Oc1[nH]c2ccccc2c1N=NC(N=Nc1c(O)[nH]c2ccccc12)=NCl. The molecule has 0 saturated carbocycles. The quantitative estimate of drug-likeness (QED) is 0.209. The minimum absolute atomic E-state index is 0.139. The van der Waals surface area contributed by atoms with Gasteiger partial charge < -0.3 is 20.2 Å². The first-order chi connectivity index (χ1) is 13.2. The van der Waals surface area contributed by atoms with Gasteiger partial charge in [-0.25, -0.2) is 0 Å². The fraction of sp³-hybridized carbons (Fsp3) is 0. The molecule has 0 unspecified atom stereocenters. The van der Waals surface area contributed by atoms with Crippen LogP contribution in [0.15, 0.2) is 73.5 Å². The van der Waals surface area contributed by atoms with Crippen molar-refractivity contribution in [1.29, 1.82) is 0 Å². The van der Waals surface area contributed by atoms with Gasteiger partial charge in [0.2, 0.25) is 11.8 Å². The van der Waals surface area contributed by atoms with Gasteiger partial charge >= 0.3 is 0 Å². The van der Waals surface area contributed by atoms with Gasteiger partial charge in [-0.05, 0) is 12.1 Å². The van der Waals surface area contributed by atoms with Crippen LogP contribution in [0.3, 0.4) is 0 Å². The van der Waals surface area contributed by atoms with Gasteiger partial charge in [-0.3, -0.25) is 0 Å². The van der Waals surface area contributed by atoms with Crippen LogP contribution in [0.4, 0.5) is 11.4 Å². The summed E-state index contributed by atoms with van der Waals surface area (Å²) in [6.07, 6.45) is 0. The topological polar surface area (TPSA) is 134 Å². The number of hydrogen-bond donors (Lipinski definition) is 4. The number of nitrogens with zero attached hydrogens (tertiary/aromatic N) is 5. The van der Waals surface area contributed by atoms with Crippen LogP contribution < -0.4 is 0 Å². The van der Waals surface area contributed by atoms with E-state index in [1.54, 1.807) is 24.3 Å². The molecular formula is C17H12ClN7O2. The van der Waals surface area contributed by atoms with Crippen molar-refractivity contribution < 1.29 is 10.2 Å². The summed E-state index contributed by atoms with van der Waals surface area (Å²) in [5.74, 6) is -0.522. The Labute approximate surface area is 156 Å². The van der Waals surface area contributed by atoms with Gasteiger partial charge in [-0.15, -0.1) is 25.0 Å². The number of H-pyrrole nitrogens is 2. The fourth-order valence-corrected chi connectivity index (χ4v) is 2.74. The van der Waals surface area contributed by atoms with E-state index in [0.717, 1.165) is 0 Å². The first-order valence-corrected chi connectivity index (χ1v) is 8.13. The Morgan fingerprint density at radius 1 is 0.741 bits per heavy atom. The zero-order valence-electron chi connectivity index (χ0n) is 13.6. The van der Waals surface area contributed by atoms with Crippen molar-refractivity contribution in [3.05, 3.63) is 48.5 Å². The average molecular weight is 382 g/mol. The van der Waals surface area contributed by atoms with Crippen molar-refractivity contribution in [2.24, 2.45) is 25.0 Å². The molecule has 9 nitrogen and oxygen atoms in total. The number of guanidine groups is 1. The summed E-state index contributed by atoms with van der Waals surface area (Å²) in [7, 11) is 0. The van der Waals surface area contributed by atoms with Gasteiger partial charge in [0.15, 0.2) is 11.4 Å². The van der Waals surface area contributed by atoms with Crippen LogP contribution in [0.1, 0.15) is 0 Å². The summed E-state index contributed by atoms with van der Waals surface area (Å²) in [4.78, 5) is 5.58. The molecule has 0 amide bonds. The lowest BCUT2D eigenvalue weighted by molar-refractivity contribution is 0.459. The summed E-state index contributed by atoms with van der Waals surface area (Å²) >= 11 is 5.50. The minimum Gasteiger partial charge on any atom is -0.493 e. The standard InChI is InChI=1S/C17H12ClN7O2/c18-21-17(24-22-13-9-5-1-3-7-11(9)19-15(13)26)25-23-14-10-6-2-4-8-12(10)20-16(14)27/h1-8,19-20,26-27H. The molecule has 2 aromatic heterocycles. The number of azo groups is 2. The summed E-state index contributed by atoms with van der Waals surface area (Å²) in [5, 5.41) is 36.9. The van der Waals surface area contributed by atoms with Gasteiger partial charge in [-0.1, -0.05) is 36.4 Å². The molecule has 0 saturated heterocycles. The lowest BCUT2D eigenvalue weighted by Gasteiger charge is -1.92. The van der Waals surface area contributed by atoms with Crippen LogP contribution in [0.5, 0.6) is 11.8 Å². The van der Waals surface area contributed by atoms with E-state index in [0.29, 0.717) is 21.8 Å². The Balaban J connectivity index is 1.65. The molecule has 0 aliphatic heterocycles. The molecule has 0 fully saturated rings. The minimum atomic E-state index is -0.244. The van der Waals surface area contributed by atoms with Gasteiger partial charge in [0.05, 0.1) is 11.0 Å². The van der Waals surface area contributed by atoms with Crippen LogP contribution >= 0.6 is 11.8 Å². The monoisotopic (exact) mass is 381 g/mol. The maximum Gasteiger partial charge on any atom is 0.299 e. The molecule has 0 aliphatic rings. The molecule has 2 aromatic carbocycles. The van der Waals surface area contributed by atoms with Gasteiger partial charge in [-0.2, -0.15) is 0 Å². The smallest absolute Gasteiger partial charge is 0.299 e. The number of hydrogen-bond acceptors (Lipinski definition) is 5. The third-order valence-corrected chi connectivity index (χ3v) is 4.02. The highest BCUT2D eigenvalue weighted by Gasteiger charge is 2.11. The van der Waals surface area contributed by atoms with E-state index in [2.05, 4.69) is 34.9 Å². The van der Waals surface area contributed by atoms with Crippen molar-refractivity contribution >= 4 is 50.9 Å². The Hall–Kier alpha value is -3.72. The highest BCUT2D eigenvalue weighted by Crippen LogP contribution is 2.36. The van der Waals surface area contributed by atoms with E-state index in [9.17, 15) is 10.2 Å². The van der Waals surface area contributed by atoms with Gasteiger partial charge in [0.25, 0.3) is 5.96 Å². The molecule has 0 radical (unpaired) electrons. The molecule has 4 aromatic rings. The third-order valence-electron chi connectivity index (χ3n) is 3.87.